The number of halogens is 3. The van der Waals surface area contributed by atoms with Crippen molar-refractivity contribution in [1.82, 2.24) is 4.90 Å². The molecule has 0 bridgehead atoms. The summed E-state index contributed by atoms with van der Waals surface area (Å²) >= 11 is 1.77. The van der Waals surface area contributed by atoms with E-state index in [4.69, 9.17) is 5.73 Å². The Hall–Kier alpha value is 0.0600. The molecule has 2 atom stereocenters. The van der Waals surface area contributed by atoms with Crippen molar-refractivity contribution >= 4 is 11.8 Å². The van der Waals surface area contributed by atoms with Gasteiger partial charge in [-0.15, -0.1) is 0 Å². The summed E-state index contributed by atoms with van der Waals surface area (Å²) in [6.45, 7) is 0.912. The molecule has 1 aliphatic rings. The van der Waals surface area contributed by atoms with Crippen molar-refractivity contribution in [3.63, 3.8) is 0 Å². The molecule has 2 N–H and O–H groups in total. The van der Waals surface area contributed by atoms with Gasteiger partial charge in [0.05, 0.1) is 0 Å². The molecular formula is C9H17F3N2S. The summed E-state index contributed by atoms with van der Waals surface area (Å²) in [5.74, 6) is 1.88. The summed E-state index contributed by atoms with van der Waals surface area (Å²) in [6.07, 6.45) is -4.83. The van der Waals surface area contributed by atoms with Crippen LogP contribution in [0.5, 0.6) is 0 Å². The van der Waals surface area contributed by atoms with Crippen LogP contribution < -0.4 is 5.73 Å². The molecule has 1 saturated heterocycles. The summed E-state index contributed by atoms with van der Waals surface area (Å²) in [5.41, 5.74) is 5.79. The molecule has 6 heteroatoms. The Bertz CT molecular complexity index is 198. The predicted molar refractivity (Wildman–Crippen MR) is 57.0 cm³/mol. The third-order valence-corrected chi connectivity index (χ3v) is 3.75. The fourth-order valence-electron chi connectivity index (χ4n) is 1.68. The molecule has 0 amide bonds. The molecule has 0 radical (unpaired) electrons. The molecule has 2 nitrogen and oxygen atoms in total. The lowest BCUT2D eigenvalue weighted by molar-refractivity contribution is -0.136. The Kier molecular flexibility index (Phi) is 4.73. The zero-order valence-corrected chi connectivity index (χ0v) is 9.57. The number of rotatable bonds is 3. The molecular weight excluding hydrogens is 225 g/mol. The number of hydrogen-bond acceptors (Lipinski definition) is 3. The Morgan fingerprint density at radius 2 is 2.20 bits per heavy atom. The fourth-order valence-corrected chi connectivity index (χ4v) is 3.01. The Balaban J connectivity index is 2.35. The van der Waals surface area contributed by atoms with E-state index in [0.29, 0.717) is 0 Å². The molecule has 1 rings (SSSR count). The molecule has 0 aromatic carbocycles. The average molecular weight is 242 g/mol. The second-order valence-electron chi connectivity index (χ2n) is 3.94. The first kappa shape index (κ1) is 13.1. The van der Waals surface area contributed by atoms with Crippen molar-refractivity contribution < 1.29 is 13.2 Å². The molecule has 90 valence electrons. The highest BCUT2D eigenvalue weighted by Gasteiger charge is 2.31. The van der Waals surface area contributed by atoms with Gasteiger partial charge in [0.15, 0.2) is 0 Å². The first-order valence-electron chi connectivity index (χ1n) is 5.00. The van der Waals surface area contributed by atoms with Crippen LogP contribution in [0.4, 0.5) is 13.2 Å². The molecule has 0 aromatic rings. The first-order chi connectivity index (χ1) is 6.90. The van der Waals surface area contributed by atoms with Gasteiger partial charge in [0.25, 0.3) is 0 Å². The van der Waals surface area contributed by atoms with E-state index in [2.05, 4.69) is 4.90 Å². The van der Waals surface area contributed by atoms with Gasteiger partial charge in [-0.1, -0.05) is 0 Å². The van der Waals surface area contributed by atoms with E-state index in [9.17, 15) is 13.2 Å². The van der Waals surface area contributed by atoms with Crippen LogP contribution in [-0.4, -0.2) is 48.3 Å². The lowest BCUT2D eigenvalue weighted by Crippen LogP contribution is -2.51. The molecule has 1 heterocycles. The average Bonchev–Trinajstić information content (AvgIpc) is 2.14. The molecule has 2 unspecified atom stereocenters. The third-order valence-electron chi connectivity index (χ3n) is 2.70. The van der Waals surface area contributed by atoms with Crippen LogP contribution in [0.2, 0.25) is 0 Å². The van der Waals surface area contributed by atoms with Crippen LogP contribution in [0, 0.1) is 0 Å². The van der Waals surface area contributed by atoms with Gasteiger partial charge in [-0.25, -0.2) is 0 Å². The van der Waals surface area contributed by atoms with Gasteiger partial charge in [0, 0.05) is 36.6 Å². The van der Waals surface area contributed by atoms with E-state index in [1.54, 1.807) is 11.8 Å². The lowest BCUT2D eigenvalue weighted by Gasteiger charge is -2.36. The minimum absolute atomic E-state index is 0.0269. The molecule has 0 saturated carbocycles. The maximum atomic E-state index is 12.0. The van der Waals surface area contributed by atoms with Crippen LogP contribution in [-0.2, 0) is 0 Å². The van der Waals surface area contributed by atoms with Crippen LogP contribution in [0.25, 0.3) is 0 Å². The van der Waals surface area contributed by atoms with Gasteiger partial charge in [-0.2, -0.15) is 24.9 Å². The van der Waals surface area contributed by atoms with Crippen molar-refractivity contribution in [2.75, 3.05) is 25.1 Å². The van der Waals surface area contributed by atoms with Crippen molar-refractivity contribution in [3.8, 4) is 0 Å². The summed E-state index contributed by atoms with van der Waals surface area (Å²) in [7, 11) is 1.93. The Labute approximate surface area is 92.4 Å². The molecule has 15 heavy (non-hydrogen) atoms. The SMILES string of the molecule is CN1CCSCC1C(N)CCC(F)(F)F. The highest BCUT2D eigenvalue weighted by molar-refractivity contribution is 7.99. The van der Waals surface area contributed by atoms with Gasteiger partial charge < -0.3 is 10.6 Å². The molecule has 0 spiro atoms. The quantitative estimate of drug-likeness (QED) is 0.817. The highest BCUT2D eigenvalue weighted by atomic mass is 32.2. The van der Waals surface area contributed by atoms with Crippen LogP contribution in [0.3, 0.4) is 0 Å². The summed E-state index contributed by atoms with van der Waals surface area (Å²) in [4.78, 5) is 2.07. The summed E-state index contributed by atoms with van der Waals surface area (Å²) in [6, 6.07) is -0.282. The number of likely N-dealkylation sites (N-methyl/N-ethyl adjacent to an activating group) is 1. The van der Waals surface area contributed by atoms with E-state index < -0.39 is 12.6 Å². The summed E-state index contributed by atoms with van der Waals surface area (Å²) < 4.78 is 36.0. The van der Waals surface area contributed by atoms with Crippen molar-refractivity contribution in [1.29, 1.82) is 0 Å². The molecule has 1 fully saturated rings. The van der Waals surface area contributed by atoms with Crippen LogP contribution in [0.1, 0.15) is 12.8 Å². The topological polar surface area (TPSA) is 29.3 Å². The number of alkyl halides is 3. The molecule has 1 aliphatic heterocycles. The van der Waals surface area contributed by atoms with Crippen molar-refractivity contribution in [2.24, 2.45) is 5.73 Å². The van der Waals surface area contributed by atoms with Gasteiger partial charge >= 0.3 is 6.18 Å². The first-order valence-corrected chi connectivity index (χ1v) is 6.16. The van der Waals surface area contributed by atoms with Gasteiger partial charge in [-0.05, 0) is 13.5 Å². The Morgan fingerprint density at radius 1 is 1.53 bits per heavy atom. The van der Waals surface area contributed by atoms with E-state index in [1.165, 1.54) is 0 Å². The number of thioether (sulfide) groups is 1. The van der Waals surface area contributed by atoms with Crippen molar-refractivity contribution in [3.05, 3.63) is 0 Å². The van der Waals surface area contributed by atoms with Gasteiger partial charge in [0.2, 0.25) is 0 Å². The summed E-state index contributed by atoms with van der Waals surface area (Å²) in [5, 5.41) is 0. The van der Waals surface area contributed by atoms with Gasteiger partial charge in [-0.3, -0.25) is 0 Å². The van der Waals surface area contributed by atoms with Crippen LogP contribution >= 0.6 is 11.8 Å². The second-order valence-corrected chi connectivity index (χ2v) is 5.09. The maximum Gasteiger partial charge on any atom is 0.389 e. The zero-order chi connectivity index (χ0) is 11.5. The largest absolute Gasteiger partial charge is 0.389 e. The maximum absolute atomic E-state index is 12.0. The normalized spacial score (nSPS) is 26.6. The Morgan fingerprint density at radius 3 is 2.73 bits per heavy atom. The minimum atomic E-state index is -4.09. The molecule has 0 aromatic heterocycles. The minimum Gasteiger partial charge on any atom is -0.326 e. The second kappa shape index (κ2) is 5.41. The number of nitrogens with two attached hydrogens (primary N) is 1. The number of nitrogens with zero attached hydrogens (tertiary/aromatic N) is 1. The van der Waals surface area contributed by atoms with Crippen molar-refractivity contribution in [2.45, 2.75) is 31.1 Å². The lowest BCUT2D eigenvalue weighted by atomic mass is 10.0. The highest BCUT2D eigenvalue weighted by Crippen LogP contribution is 2.25. The number of hydrogen-bond donors (Lipinski definition) is 1. The fraction of sp³-hybridized carbons (Fsp3) is 1.00. The standard InChI is InChI=1S/C9H17F3N2S/c1-14-4-5-15-6-8(14)7(13)2-3-9(10,11)12/h7-8H,2-6,13H2,1H3. The van der Waals surface area contributed by atoms with E-state index in [-0.39, 0.29) is 18.5 Å². The zero-order valence-electron chi connectivity index (χ0n) is 8.76. The van der Waals surface area contributed by atoms with E-state index >= 15 is 0 Å². The van der Waals surface area contributed by atoms with Crippen LogP contribution in [0.15, 0.2) is 0 Å². The smallest absolute Gasteiger partial charge is 0.326 e. The predicted octanol–water partition coefficient (Wildman–Crippen LogP) is 1.70. The van der Waals surface area contributed by atoms with E-state index in [1.807, 2.05) is 7.05 Å². The molecule has 0 aliphatic carbocycles. The van der Waals surface area contributed by atoms with Gasteiger partial charge in [0.1, 0.15) is 0 Å². The monoisotopic (exact) mass is 242 g/mol. The third kappa shape index (κ3) is 4.61. The van der Waals surface area contributed by atoms with E-state index in [0.717, 1.165) is 18.1 Å².